The van der Waals surface area contributed by atoms with Crippen molar-refractivity contribution in [3.8, 4) is 17.1 Å². The van der Waals surface area contributed by atoms with Crippen molar-refractivity contribution in [2.45, 2.75) is 25.9 Å². The van der Waals surface area contributed by atoms with Crippen molar-refractivity contribution >= 4 is 17.3 Å². The largest absolute Gasteiger partial charge is 0.497 e. The van der Waals surface area contributed by atoms with E-state index in [0.717, 1.165) is 28.0 Å². The first-order valence-corrected chi connectivity index (χ1v) is 11.5. The molecule has 11 heteroatoms. The van der Waals surface area contributed by atoms with Crippen LogP contribution >= 0.6 is 0 Å². The minimum Gasteiger partial charge on any atom is -0.497 e. The number of carbonyl (C=O) groups excluding carboxylic acids is 1. The molecule has 0 saturated carbocycles. The van der Waals surface area contributed by atoms with Crippen LogP contribution < -0.4 is 4.74 Å². The lowest BCUT2D eigenvalue weighted by molar-refractivity contribution is -0.384. The summed E-state index contributed by atoms with van der Waals surface area (Å²) in [6.45, 7) is 1.87. The Kier molecular flexibility index (Phi) is 6.42. The zero-order chi connectivity index (χ0) is 25.9. The third kappa shape index (κ3) is 4.92. The fourth-order valence-electron chi connectivity index (χ4n) is 4.20. The van der Waals surface area contributed by atoms with E-state index in [2.05, 4.69) is 20.6 Å². The number of nitro groups is 1. The summed E-state index contributed by atoms with van der Waals surface area (Å²) in [6.07, 6.45) is 0.466. The van der Waals surface area contributed by atoms with Crippen molar-refractivity contribution in [1.82, 2.24) is 25.2 Å². The quantitative estimate of drug-likeness (QED) is 0.279. The second-order valence-corrected chi connectivity index (χ2v) is 8.61. The van der Waals surface area contributed by atoms with Crippen molar-refractivity contribution < 1.29 is 14.5 Å². The highest BCUT2D eigenvalue weighted by Crippen LogP contribution is 2.34. The number of rotatable bonds is 7. The Morgan fingerprint density at radius 3 is 2.35 bits per heavy atom. The fraction of sp³-hybridized carbons (Fsp3) is 0.192. The normalized spacial score (nSPS) is 14.9. The molecule has 0 bridgehead atoms. The van der Waals surface area contributed by atoms with Gasteiger partial charge < -0.3 is 4.74 Å². The minimum atomic E-state index is -0.450. The van der Waals surface area contributed by atoms with Crippen LogP contribution in [-0.4, -0.2) is 48.9 Å². The minimum absolute atomic E-state index is 0.0166. The second kappa shape index (κ2) is 9.97. The highest BCUT2D eigenvalue weighted by Gasteiger charge is 2.34. The topological polar surface area (TPSA) is 129 Å². The molecule has 3 aromatic carbocycles. The van der Waals surface area contributed by atoms with Crippen molar-refractivity contribution in [3.05, 3.63) is 99.6 Å². The van der Waals surface area contributed by atoms with Gasteiger partial charge in [0, 0.05) is 24.1 Å². The van der Waals surface area contributed by atoms with E-state index in [-0.39, 0.29) is 18.1 Å². The number of tetrazole rings is 1. The average Bonchev–Trinajstić information content (AvgIpc) is 3.57. The summed E-state index contributed by atoms with van der Waals surface area (Å²) in [5.41, 5.74) is 4.25. The third-order valence-electron chi connectivity index (χ3n) is 6.20. The van der Waals surface area contributed by atoms with Gasteiger partial charge in [-0.2, -0.15) is 5.10 Å². The molecule has 1 atom stereocenters. The Balaban J connectivity index is 1.45. The Bertz CT molecular complexity index is 1460. The van der Waals surface area contributed by atoms with Gasteiger partial charge in [-0.1, -0.05) is 42.0 Å². The molecule has 1 amide bonds. The van der Waals surface area contributed by atoms with Crippen molar-refractivity contribution in [3.63, 3.8) is 0 Å². The molecular formula is C26H23N7O4. The van der Waals surface area contributed by atoms with Crippen LogP contribution in [0.15, 0.2) is 77.9 Å². The van der Waals surface area contributed by atoms with E-state index in [1.807, 2.05) is 43.3 Å². The molecule has 0 N–H and O–H groups in total. The van der Waals surface area contributed by atoms with Gasteiger partial charge in [0.2, 0.25) is 0 Å². The van der Waals surface area contributed by atoms with Gasteiger partial charge in [0.15, 0.2) is 5.82 Å². The highest BCUT2D eigenvalue weighted by atomic mass is 16.6. The molecule has 0 aliphatic carbocycles. The van der Waals surface area contributed by atoms with Crippen LogP contribution in [0, 0.1) is 17.0 Å². The maximum absolute atomic E-state index is 13.6. The number of ether oxygens (including phenoxy) is 1. The molecule has 1 aliphatic heterocycles. The molecule has 0 saturated heterocycles. The number of nitrogens with zero attached hydrogens (tertiary/aromatic N) is 7. The lowest BCUT2D eigenvalue weighted by Crippen LogP contribution is -2.31. The van der Waals surface area contributed by atoms with Gasteiger partial charge in [-0.05, 0) is 52.7 Å². The summed E-state index contributed by atoms with van der Waals surface area (Å²) in [5.74, 6) is 0.817. The predicted molar refractivity (Wildman–Crippen MR) is 135 cm³/mol. The number of methoxy groups -OCH3 is 1. The summed E-state index contributed by atoms with van der Waals surface area (Å²) in [6, 6.07) is 20.9. The molecule has 37 heavy (non-hydrogen) atoms. The number of hydrogen-bond donors (Lipinski definition) is 0. The summed E-state index contributed by atoms with van der Waals surface area (Å²) < 4.78 is 6.63. The van der Waals surface area contributed by atoms with E-state index >= 15 is 0 Å². The zero-order valence-corrected chi connectivity index (χ0v) is 20.2. The molecule has 11 nitrogen and oxygen atoms in total. The van der Waals surface area contributed by atoms with Gasteiger partial charge >= 0.3 is 0 Å². The number of non-ortho nitro benzene ring substituents is 1. The van der Waals surface area contributed by atoms with E-state index in [9.17, 15) is 14.9 Å². The number of benzene rings is 3. The SMILES string of the molecule is COc1ccc(-c2nnnn2CC(=O)N2N=C(c3ccc(C)cc3)CC2c2ccc([N+](=O)[O-])cc2)cc1. The van der Waals surface area contributed by atoms with Gasteiger partial charge in [0.1, 0.15) is 12.3 Å². The number of hydrogen-bond acceptors (Lipinski definition) is 8. The number of carbonyl (C=O) groups is 1. The van der Waals surface area contributed by atoms with Crippen molar-refractivity contribution in [2.75, 3.05) is 7.11 Å². The second-order valence-electron chi connectivity index (χ2n) is 8.61. The maximum atomic E-state index is 13.6. The molecule has 186 valence electrons. The van der Waals surface area contributed by atoms with Crippen LogP contribution in [0.1, 0.15) is 29.2 Å². The number of aryl methyl sites for hydroxylation is 1. The van der Waals surface area contributed by atoms with E-state index in [1.165, 1.54) is 21.8 Å². The van der Waals surface area contributed by atoms with Crippen LogP contribution in [0.2, 0.25) is 0 Å². The number of amides is 1. The lowest BCUT2D eigenvalue weighted by atomic mass is 9.98. The zero-order valence-electron chi connectivity index (χ0n) is 20.2. The highest BCUT2D eigenvalue weighted by molar-refractivity contribution is 6.03. The Morgan fingerprint density at radius 2 is 1.70 bits per heavy atom. The first-order valence-electron chi connectivity index (χ1n) is 11.5. The summed E-state index contributed by atoms with van der Waals surface area (Å²) in [5, 5.41) is 29.1. The summed E-state index contributed by atoms with van der Waals surface area (Å²) >= 11 is 0. The Hall–Kier alpha value is -4.93. The van der Waals surface area contributed by atoms with E-state index in [1.54, 1.807) is 31.4 Å². The van der Waals surface area contributed by atoms with Crippen LogP contribution in [-0.2, 0) is 11.3 Å². The third-order valence-corrected chi connectivity index (χ3v) is 6.20. The monoisotopic (exact) mass is 497 g/mol. The van der Waals surface area contributed by atoms with Crippen molar-refractivity contribution in [2.24, 2.45) is 5.10 Å². The summed E-state index contributed by atoms with van der Waals surface area (Å²) in [7, 11) is 1.58. The van der Waals surface area contributed by atoms with Gasteiger partial charge in [-0.25, -0.2) is 9.69 Å². The van der Waals surface area contributed by atoms with Gasteiger partial charge in [-0.3, -0.25) is 14.9 Å². The smallest absolute Gasteiger partial charge is 0.269 e. The molecule has 4 aromatic rings. The van der Waals surface area contributed by atoms with Gasteiger partial charge in [0.05, 0.1) is 23.8 Å². The molecule has 1 aromatic heterocycles. The molecule has 0 spiro atoms. The summed E-state index contributed by atoms with van der Waals surface area (Å²) in [4.78, 5) is 24.2. The first kappa shape index (κ1) is 23.8. The molecule has 1 aliphatic rings. The fourth-order valence-corrected chi connectivity index (χ4v) is 4.20. The number of hydrazone groups is 1. The Morgan fingerprint density at radius 1 is 1.03 bits per heavy atom. The molecule has 1 unspecified atom stereocenters. The lowest BCUT2D eigenvalue weighted by Gasteiger charge is -2.22. The molecule has 2 heterocycles. The maximum Gasteiger partial charge on any atom is 0.269 e. The molecule has 5 rings (SSSR count). The molecule has 0 radical (unpaired) electrons. The van der Waals surface area contributed by atoms with Crippen LogP contribution in [0.5, 0.6) is 5.75 Å². The van der Waals surface area contributed by atoms with E-state index in [4.69, 9.17) is 4.74 Å². The standard InChI is InChI=1S/C26H23N7O4/c1-17-3-5-18(6-4-17)23-15-24(19-7-11-21(12-8-19)33(35)36)32(28-23)25(34)16-31-26(27-29-30-31)20-9-13-22(37-2)14-10-20/h3-14,24H,15-16H2,1-2H3. The van der Waals surface area contributed by atoms with Crippen molar-refractivity contribution in [1.29, 1.82) is 0 Å². The van der Waals surface area contributed by atoms with Crippen LogP contribution in [0.25, 0.3) is 11.4 Å². The van der Waals surface area contributed by atoms with Crippen LogP contribution in [0.3, 0.4) is 0 Å². The number of aromatic nitrogens is 4. The molecule has 0 fully saturated rings. The number of nitro benzene ring substituents is 1. The van der Waals surface area contributed by atoms with Crippen LogP contribution in [0.4, 0.5) is 5.69 Å². The van der Waals surface area contributed by atoms with E-state index in [0.29, 0.717) is 18.0 Å². The Labute approximate surface area is 212 Å². The predicted octanol–water partition coefficient (Wildman–Crippen LogP) is 3.94. The molecular weight excluding hydrogens is 474 g/mol. The van der Waals surface area contributed by atoms with Gasteiger partial charge in [0.25, 0.3) is 11.6 Å². The first-order chi connectivity index (χ1) is 17.9. The van der Waals surface area contributed by atoms with E-state index < -0.39 is 11.0 Å². The van der Waals surface area contributed by atoms with Gasteiger partial charge in [-0.15, -0.1) is 5.10 Å². The average molecular weight is 498 g/mol.